The largest absolute Gasteiger partial charge is 0.493 e. The van der Waals surface area contributed by atoms with Gasteiger partial charge in [-0.05, 0) is 43.2 Å². The molecule has 0 saturated carbocycles. The van der Waals surface area contributed by atoms with Crippen molar-refractivity contribution in [3.05, 3.63) is 59.4 Å². The van der Waals surface area contributed by atoms with Crippen LogP contribution in [0.2, 0.25) is 0 Å². The second kappa shape index (κ2) is 9.82. The van der Waals surface area contributed by atoms with Crippen LogP contribution in [0.5, 0.6) is 11.6 Å². The topological polar surface area (TPSA) is 97.3 Å². The Balaban J connectivity index is 1.27. The van der Waals surface area contributed by atoms with Crippen LogP contribution in [0.15, 0.2) is 48.1 Å². The molecule has 0 radical (unpaired) electrons. The molecule has 166 valence electrons. The molecule has 1 atom stereocenters. The van der Waals surface area contributed by atoms with Crippen molar-refractivity contribution in [2.75, 3.05) is 13.2 Å². The summed E-state index contributed by atoms with van der Waals surface area (Å²) in [5.41, 5.74) is 3.72. The van der Waals surface area contributed by atoms with Gasteiger partial charge in [-0.15, -0.1) is 11.3 Å². The standard InChI is InChI=1S/C24H25N3O4S/c1-3-17-14-32-23(27-17)16-5-8-22(26-12-16)31-10-4-9-30-18-6-7-21-19(11-18)20(13-25-21)15(2)24(28)29/h5-8,11-15,25H,3-4,9-10H2,1-2H3,(H,28,29)/t15-/m0/s1. The highest BCUT2D eigenvalue weighted by atomic mass is 32.1. The lowest BCUT2D eigenvalue weighted by Crippen LogP contribution is -2.07. The van der Waals surface area contributed by atoms with Gasteiger partial charge in [0.25, 0.3) is 0 Å². The number of aliphatic carboxylic acids is 1. The number of hydrogen-bond acceptors (Lipinski definition) is 6. The second-order valence-electron chi connectivity index (χ2n) is 7.44. The Kier molecular flexibility index (Phi) is 6.70. The molecule has 2 N–H and O–H groups in total. The van der Waals surface area contributed by atoms with Gasteiger partial charge in [0.15, 0.2) is 0 Å². The third-order valence-electron chi connectivity index (χ3n) is 5.23. The van der Waals surface area contributed by atoms with Crippen LogP contribution in [-0.4, -0.2) is 39.2 Å². The number of benzene rings is 1. The molecule has 0 fully saturated rings. The zero-order valence-corrected chi connectivity index (χ0v) is 18.8. The van der Waals surface area contributed by atoms with E-state index in [-0.39, 0.29) is 0 Å². The average Bonchev–Trinajstić information content (AvgIpc) is 3.45. The maximum atomic E-state index is 11.3. The fourth-order valence-corrected chi connectivity index (χ4v) is 4.22. The first kappa shape index (κ1) is 21.8. The van der Waals surface area contributed by atoms with Gasteiger partial charge in [0.05, 0.1) is 24.8 Å². The van der Waals surface area contributed by atoms with Crippen molar-refractivity contribution in [1.82, 2.24) is 15.0 Å². The summed E-state index contributed by atoms with van der Waals surface area (Å²) >= 11 is 1.62. The average molecular weight is 452 g/mol. The van der Waals surface area contributed by atoms with Crippen molar-refractivity contribution >= 4 is 28.2 Å². The first-order valence-electron chi connectivity index (χ1n) is 10.6. The number of ether oxygens (including phenoxy) is 2. The number of aromatic nitrogens is 3. The molecular weight excluding hydrogens is 426 g/mol. The summed E-state index contributed by atoms with van der Waals surface area (Å²) in [6.45, 7) is 4.73. The predicted octanol–water partition coefficient (Wildman–Crippen LogP) is 5.28. The number of nitrogens with zero attached hydrogens (tertiary/aromatic N) is 2. The van der Waals surface area contributed by atoms with Crippen molar-refractivity contribution in [2.24, 2.45) is 0 Å². The van der Waals surface area contributed by atoms with Gasteiger partial charge < -0.3 is 19.6 Å². The van der Waals surface area contributed by atoms with Crippen LogP contribution in [-0.2, 0) is 11.2 Å². The molecule has 32 heavy (non-hydrogen) atoms. The Morgan fingerprint density at radius 1 is 1.22 bits per heavy atom. The molecule has 0 aliphatic carbocycles. The lowest BCUT2D eigenvalue weighted by Gasteiger charge is -2.09. The van der Waals surface area contributed by atoms with Crippen LogP contribution in [0.1, 0.15) is 37.4 Å². The van der Waals surface area contributed by atoms with Crippen molar-refractivity contribution in [3.63, 3.8) is 0 Å². The summed E-state index contributed by atoms with van der Waals surface area (Å²) in [5, 5.41) is 13.2. The summed E-state index contributed by atoms with van der Waals surface area (Å²) < 4.78 is 11.6. The highest BCUT2D eigenvalue weighted by Gasteiger charge is 2.18. The van der Waals surface area contributed by atoms with Crippen LogP contribution in [0.25, 0.3) is 21.5 Å². The molecule has 0 aliphatic heterocycles. The van der Waals surface area contributed by atoms with E-state index >= 15 is 0 Å². The van der Waals surface area contributed by atoms with Gasteiger partial charge in [0.2, 0.25) is 5.88 Å². The summed E-state index contributed by atoms with van der Waals surface area (Å²) in [6.07, 6.45) is 5.15. The van der Waals surface area contributed by atoms with Gasteiger partial charge in [-0.25, -0.2) is 9.97 Å². The Labute approximate surface area is 190 Å². The van der Waals surface area contributed by atoms with Crippen LogP contribution < -0.4 is 9.47 Å². The van der Waals surface area contributed by atoms with Crippen molar-refractivity contribution in [3.8, 4) is 22.2 Å². The van der Waals surface area contributed by atoms with Crippen LogP contribution in [0, 0.1) is 0 Å². The number of carbonyl (C=O) groups is 1. The Bertz CT molecular complexity index is 1200. The van der Waals surface area contributed by atoms with Crippen molar-refractivity contribution < 1.29 is 19.4 Å². The number of nitrogens with one attached hydrogen (secondary N) is 1. The molecule has 0 amide bonds. The normalized spacial score (nSPS) is 12.1. The number of aryl methyl sites for hydroxylation is 1. The minimum Gasteiger partial charge on any atom is -0.493 e. The molecule has 0 spiro atoms. The maximum absolute atomic E-state index is 11.3. The molecule has 0 unspecified atom stereocenters. The summed E-state index contributed by atoms with van der Waals surface area (Å²) in [6, 6.07) is 9.48. The molecule has 0 saturated heterocycles. The molecule has 3 heterocycles. The van der Waals surface area contributed by atoms with Crippen molar-refractivity contribution in [2.45, 2.75) is 32.6 Å². The van der Waals surface area contributed by atoms with E-state index in [0.717, 1.165) is 39.2 Å². The van der Waals surface area contributed by atoms with E-state index in [1.807, 2.05) is 30.3 Å². The molecule has 0 aliphatic rings. The molecule has 4 rings (SSSR count). The summed E-state index contributed by atoms with van der Waals surface area (Å²) in [4.78, 5) is 23.4. The van der Waals surface area contributed by atoms with E-state index in [2.05, 4.69) is 27.3 Å². The monoisotopic (exact) mass is 451 g/mol. The zero-order chi connectivity index (χ0) is 22.5. The zero-order valence-electron chi connectivity index (χ0n) is 18.0. The number of rotatable bonds is 10. The Morgan fingerprint density at radius 3 is 2.78 bits per heavy atom. The number of H-pyrrole nitrogens is 1. The van der Waals surface area contributed by atoms with E-state index in [4.69, 9.17) is 9.47 Å². The highest BCUT2D eigenvalue weighted by molar-refractivity contribution is 7.13. The highest BCUT2D eigenvalue weighted by Crippen LogP contribution is 2.29. The smallest absolute Gasteiger partial charge is 0.310 e. The number of carboxylic acids is 1. The molecule has 0 bridgehead atoms. The van der Waals surface area contributed by atoms with Gasteiger partial charge in [0.1, 0.15) is 10.8 Å². The third kappa shape index (κ3) is 4.91. The van der Waals surface area contributed by atoms with E-state index in [1.165, 1.54) is 0 Å². The van der Waals surface area contributed by atoms with Crippen LogP contribution in [0.4, 0.5) is 0 Å². The summed E-state index contributed by atoms with van der Waals surface area (Å²) in [5.74, 6) is -0.167. The Hall–Kier alpha value is -3.39. The molecule has 4 aromatic rings. The van der Waals surface area contributed by atoms with E-state index in [9.17, 15) is 9.90 Å². The predicted molar refractivity (Wildman–Crippen MR) is 125 cm³/mol. The number of thiazole rings is 1. The maximum Gasteiger partial charge on any atom is 0.310 e. The molecular formula is C24H25N3O4S. The van der Waals surface area contributed by atoms with Crippen molar-refractivity contribution in [1.29, 1.82) is 0 Å². The van der Waals surface area contributed by atoms with E-state index < -0.39 is 11.9 Å². The number of hydrogen-bond donors (Lipinski definition) is 2. The van der Waals surface area contributed by atoms with Gasteiger partial charge >= 0.3 is 5.97 Å². The minimum absolute atomic E-state index is 0.483. The lowest BCUT2D eigenvalue weighted by atomic mass is 10.0. The van der Waals surface area contributed by atoms with Gasteiger partial charge in [-0.2, -0.15) is 0 Å². The van der Waals surface area contributed by atoms with Crippen LogP contribution in [0.3, 0.4) is 0 Å². The fourth-order valence-electron chi connectivity index (χ4n) is 3.32. The van der Waals surface area contributed by atoms with Gasteiger partial charge in [-0.3, -0.25) is 4.79 Å². The number of aromatic amines is 1. The quantitative estimate of drug-likeness (QED) is 0.318. The third-order valence-corrected chi connectivity index (χ3v) is 6.17. The molecule has 3 aromatic heterocycles. The van der Waals surface area contributed by atoms with Gasteiger partial charge in [-0.1, -0.05) is 6.92 Å². The summed E-state index contributed by atoms with van der Waals surface area (Å²) in [7, 11) is 0. The minimum atomic E-state index is -0.853. The molecule has 8 heteroatoms. The Morgan fingerprint density at radius 2 is 2.06 bits per heavy atom. The fraction of sp³-hybridized carbons (Fsp3) is 0.292. The first-order chi connectivity index (χ1) is 15.5. The number of fused-ring (bicyclic) bond motifs is 1. The number of pyridine rings is 1. The van der Waals surface area contributed by atoms with E-state index in [1.54, 1.807) is 30.7 Å². The lowest BCUT2D eigenvalue weighted by molar-refractivity contribution is -0.138. The van der Waals surface area contributed by atoms with E-state index in [0.29, 0.717) is 31.3 Å². The SMILES string of the molecule is CCc1csc(-c2ccc(OCCCOc3ccc4[nH]cc([C@H](C)C(=O)O)c4c3)nc2)n1. The number of carboxylic acid groups (broad SMARTS) is 1. The van der Waals surface area contributed by atoms with Crippen LogP contribution >= 0.6 is 11.3 Å². The first-order valence-corrected chi connectivity index (χ1v) is 11.4. The van der Waals surface area contributed by atoms with Gasteiger partial charge in [0, 0.05) is 46.7 Å². The molecule has 7 nitrogen and oxygen atoms in total. The molecule has 1 aromatic carbocycles. The second-order valence-corrected chi connectivity index (χ2v) is 8.30.